The van der Waals surface area contributed by atoms with Crippen LogP contribution in [0.15, 0.2) is 146 Å². The fourth-order valence-corrected chi connectivity index (χ4v) is 8.60. The number of carboxylic acids is 1. The summed E-state index contributed by atoms with van der Waals surface area (Å²) in [5.41, 5.74) is 0. The van der Waals surface area contributed by atoms with Crippen LogP contribution in [0.3, 0.4) is 0 Å². The Bertz CT molecular complexity index is 2000. The van der Waals surface area contributed by atoms with Crippen LogP contribution in [0.4, 0.5) is 0 Å². The lowest BCUT2D eigenvalue weighted by molar-refractivity contribution is -0.301. The summed E-state index contributed by atoms with van der Waals surface area (Å²) in [6, 6.07) is 0. The van der Waals surface area contributed by atoms with Crippen molar-refractivity contribution >= 4 is 23.9 Å². The average Bonchev–Trinajstić information content (AvgIpc) is 3.59. The molecular formula is C71H110O12. The SMILES string of the molecule is CC/C=C\C/C=C\C/C=C\C/C=C\C/C=C\C/C=C\CCC(=O)OCC(COC1OC(C(=O)O)C(O)C(O)C1OC(=O)CCCCCCCCC/C=C\CCCCCCCC)OC(=O)CCC/C=C\C/C=C\C/C=C\C/C=C\C/C=C\CC. The van der Waals surface area contributed by atoms with E-state index in [9.17, 15) is 34.5 Å². The summed E-state index contributed by atoms with van der Waals surface area (Å²) in [7, 11) is 0. The molecule has 12 nitrogen and oxygen atoms in total. The highest BCUT2D eigenvalue weighted by molar-refractivity contribution is 5.74. The van der Waals surface area contributed by atoms with Crippen LogP contribution >= 0.6 is 0 Å². The average molecular weight is 1160 g/mol. The third-order valence-corrected chi connectivity index (χ3v) is 13.4. The van der Waals surface area contributed by atoms with E-state index in [1.54, 1.807) is 0 Å². The first-order valence-electron chi connectivity index (χ1n) is 31.8. The van der Waals surface area contributed by atoms with Gasteiger partial charge in [0.25, 0.3) is 0 Å². The first-order chi connectivity index (χ1) is 40.6. The van der Waals surface area contributed by atoms with E-state index in [-0.39, 0.29) is 25.9 Å². The van der Waals surface area contributed by atoms with E-state index < -0.39 is 67.3 Å². The molecule has 1 saturated heterocycles. The predicted octanol–water partition coefficient (Wildman–Crippen LogP) is 17.1. The molecule has 1 rings (SSSR count). The van der Waals surface area contributed by atoms with Crippen molar-refractivity contribution in [3.63, 3.8) is 0 Å². The van der Waals surface area contributed by atoms with Gasteiger partial charge in [-0.25, -0.2) is 4.79 Å². The zero-order valence-corrected chi connectivity index (χ0v) is 51.4. The Kier molecular flexibility index (Phi) is 52.0. The number of carboxylic acid groups (broad SMARTS) is 1. The minimum Gasteiger partial charge on any atom is -0.479 e. The van der Waals surface area contributed by atoms with Gasteiger partial charge in [-0.2, -0.15) is 0 Å². The quantitative estimate of drug-likeness (QED) is 0.0228. The van der Waals surface area contributed by atoms with E-state index in [0.717, 1.165) is 116 Å². The summed E-state index contributed by atoms with van der Waals surface area (Å²) >= 11 is 0. The summed E-state index contributed by atoms with van der Waals surface area (Å²) in [6.45, 7) is 5.65. The van der Waals surface area contributed by atoms with Crippen LogP contribution in [-0.4, -0.2) is 89.2 Å². The van der Waals surface area contributed by atoms with Crippen molar-refractivity contribution in [2.24, 2.45) is 0 Å². The molecule has 83 heavy (non-hydrogen) atoms. The van der Waals surface area contributed by atoms with Crippen molar-refractivity contribution in [2.45, 2.75) is 263 Å². The summed E-state index contributed by atoms with van der Waals surface area (Å²) in [5, 5.41) is 31.6. The fraction of sp³-hybridized carbons (Fsp3) is 0.606. The zero-order valence-electron chi connectivity index (χ0n) is 51.4. The monoisotopic (exact) mass is 1150 g/mol. The molecule has 3 N–H and O–H groups in total. The number of allylic oxidation sites excluding steroid dienone is 24. The Morgan fingerprint density at radius 1 is 0.410 bits per heavy atom. The molecule has 0 aromatic carbocycles. The van der Waals surface area contributed by atoms with E-state index >= 15 is 0 Å². The molecule has 1 aliphatic rings. The first-order valence-corrected chi connectivity index (χ1v) is 31.8. The molecule has 0 spiro atoms. The van der Waals surface area contributed by atoms with Crippen molar-refractivity contribution in [2.75, 3.05) is 13.2 Å². The molecule has 0 radical (unpaired) electrons. The van der Waals surface area contributed by atoms with E-state index in [1.165, 1.54) is 38.5 Å². The highest BCUT2D eigenvalue weighted by Gasteiger charge is 2.50. The maximum atomic E-state index is 13.2. The van der Waals surface area contributed by atoms with Gasteiger partial charge in [0.2, 0.25) is 0 Å². The molecule has 6 atom stereocenters. The van der Waals surface area contributed by atoms with Crippen LogP contribution in [0.2, 0.25) is 0 Å². The van der Waals surface area contributed by atoms with Crippen LogP contribution in [-0.2, 0) is 42.9 Å². The number of ether oxygens (including phenoxy) is 5. The number of rotatable bonds is 52. The van der Waals surface area contributed by atoms with Crippen molar-refractivity contribution in [1.29, 1.82) is 0 Å². The van der Waals surface area contributed by atoms with Gasteiger partial charge in [0, 0.05) is 19.3 Å². The van der Waals surface area contributed by atoms with Crippen molar-refractivity contribution < 1.29 is 58.2 Å². The Hall–Kier alpha value is -5.40. The number of aliphatic hydroxyl groups excluding tert-OH is 2. The number of aliphatic carboxylic acids is 1. The van der Waals surface area contributed by atoms with Gasteiger partial charge in [-0.05, 0) is 122 Å². The standard InChI is InChI=1S/C71H110O12/c1-4-7-10-13-16-19-22-25-28-31-32-35-36-39-42-45-48-51-54-57-63(72)79-60-62(81-64(73)58-55-52-49-46-43-40-37-33-29-26-23-20-17-14-11-8-5-2)61-80-71-69(67(76)66(75)68(83-71)70(77)78)82-65(74)59-56-53-50-47-44-41-38-34-30-27-24-21-18-15-12-9-6-3/h7-8,10-11,16-17,19-20,25-30,32,35,37,39-40,42,46,48-49,51,62,66-69,71,75-76H,4-6,9,12-15,18,21-24,31,33-34,36,38,41,43-45,47,50,52-61H2,1-3H3,(H,77,78)/b10-7-,11-8-,19-16-,20-17-,28-25-,29-26-,30-27-,35-32-,40-37-,42-39-,49-46-,51-48-. The number of hydrogen-bond acceptors (Lipinski definition) is 11. The zero-order chi connectivity index (χ0) is 60.3. The van der Waals surface area contributed by atoms with Gasteiger partial charge < -0.3 is 39.0 Å². The Balaban J connectivity index is 2.77. The Labute approximate surface area is 502 Å². The number of carbonyl (C=O) groups is 4. The summed E-state index contributed by atoms with van der Waals surface area (Å²) in [5.74, 6) is -3.34. The minimum absolute atomic E-state index is 0.0339. The lowest BCUT2D eigenvalue weighted by Crippen LogP contribution is -2.61. The van der Waals surface area contributed by atoms with E-state index in [2.05, 4.69) is 142 Å². The molecule has 0 aliphatic carbocycles. The largest absolute Gasteiger partial charge is 0.479 e. The first kappa shape index (κ1) is 75.6. The molecule has 0 bridgehead atoms. The van der Waals surface area contributed by atoms with E-state index in [4.69, 9.17) is 23.7 Å². The van der Waals surface area contributed by atoms with Gasteiger partial charge >= 0.3 is 23.9 Å². The van der Waals surface area contributed by atoms with Gasteiger partial charge in [0.05, 0.1) is 6.61 Å². The van der Waals surface area contributed by atoms with Crippen molar-refractivity contribution in [3.05, 3.63) is 146 Å². The molecule has 0 amide bonds. The summed E-state index contributed by atoms with van der Waals surface area (Å²) in [4.78, 5) is 51.3. The number of hydrogen-bond donors (Lipinski definition) is 3. The lowest BCUT2D eigenvalue weighted by Gasteiger charge is -2.40. The third-order valence-electron chi connectivity index (χ3n) is 13.4. The van der Waals surface area contributed by atoms with Gasteiger partial charge in [0.1, 0.15) is 18.8 Å². The van der Waals surface area contributed by atoms with Gasteiger partial charge in [-0.15, -0.1) is 0 Å². The van der Waals surface area contributed by atoms with Crippen LogP contribution in [0.1, 0.15) is 226 Å². The van der Waals surface area contributed by atoms with Crippen molar-refractivity contribution in [1.82, 2.24) is 0 Å². The molecule has 466 valence electrons. The minimum atomic E-state index is -1.93. The highest BCUT2D eigenvalue weighted by Crippen LogP contribution is 2.26. The fourth-order valence-electron chi connectivity index (χ4n) is 8.60. The topological polar surface area (TPSA) is 175 Å². The van der Waals surface area contributed by atoms with Crippen LogP contribution in [0.25, 0.3) is 0 Å². The summed E-state index contributed by atoms with van der Waals surface area (Å²) < 4.78 is 28.3. The molecule has 1 fully saturated rings. The molecule has 1 heterocycles. The molecule has 1 aliphatic heterocycles. The number of carbonyl (C=O) groups excluding carboxylic acids is 3. The van der Waals surface area contributed by atoms with Crippen LogP contribution in [0, 0.1) is 0 Å². The maximum absolute atomic E-state index is 13.2. The van der Waals surface area contributed by atoms with E-state index in [1.807, 2.05) is 24.3 Å². The van der Waals surface area contributed by atoms with Crippen molar-refractivity contribution in [3.8, 4) is 0 Å². The number of aliphatic hydroxyl groups is 2. The molecule has 0 aromatic rings. The highest BCUT2D eigenvalue weighted by atomic mass is 16.7. The smallest absolute Gasteiger partial charge is 0.335 e. The molecule has 12 heteroatoms. The van der Waals surface area contributed by atoms with Gasteiger partial charge in [-0.1, -0.05) is 231 Å². The molecule has 0 saturated carbocycles. The molecule has 6 unspecified atom stereocenters. The predicted molar refractivity (Wildman–Crippen MR) is 339 cm³/mol. The second-order valence-electron chi connectivity index (χ2n) is 20.9. The van der Waals surface area contributed by atoms with Gasteiger partial charge in [0.15, 0.2) is 24.6 Å². The van der Waals surface area contributed by atoms with Crippen LogP contribution < -0.4 is 0 Å². The van der Waals surface area contributed by atoms with Crippen LogP contribution in [0.5, 0.6) is 0 Å². The molecular weight excluding hydrogens is 1040 g/mol. The Morgan fingerprint density at radius 3 is 1.25 bits per heavy atom. The third kappa shape index (κ3) is 46.6. The Morgan fingerprint density at radius 2 is 0.795 bits per heavy atom. The number of esters is 3. The number of unbranched alkanes of at least 4 members (excludes halogenated alkanes) is 14. The normalized spacial score (nSPS) is 18.6. The lowest BCUT2D eigenvalue weighted by atomic mass is 9.98. The summed E-state index contributed by atoms with van der Waals surface area (Å²) in [6.07, 6.45) is 69.7. The molecule has 0 aromatic heterocycles. The second kappa shape index (κ2) is 57.1. The maximum Gasteiger partial charge on any atom is 0.335 e. The second-order valence-corrected chi connectivity index (χ2v) is 20.9. The van der Waals surface area contributed by atoms with Gasteiger partial charge in [-0.3, -0.25) is 14.4 Å². The van der Waals surface area contributed by atoms with E-state index in [0.29, 0.717) is 32.1 Å².